The van der Waals surface area contributed by atoms with E-state index >= 15 is 0 Å². The minimum atomic E-state index is -3.64. The van der Waals surface area contributed by atoms with Crippen molar-refractivity contribution >= 4 is 38.2 Å². The highest BCUT2D eigenvalue weighted by Gasteiger charge is 2.24. The van der Waals surface area contributed by atoms with Crippen molar-refractivity contribution in [1.29, 1.82) is 0 Å². The van der Waals surface area contributed by atoms with Crippen molar-refractivity contribution in [2.75, 3.05) is 13.6 Å². The first-order valence-corrected chi connectivity index (χ1v) is 9.97. The molecule has 0 fully saturated rings. The van der Waals surface area contributed by atoms with Crippen LogP contribution in [-0.2, 0) is 14.8 Å². The molecule has 2 heterocycles. The number of carbonyl (C=O) groups is 1. The zero-order valence-corrected chi connectivity index (χ0v) is 15.4. The number of hydrogen-bond acceptors (Lipinski definition) is 5. The first-order valence-electron chi connectivity index (χ1n) is 7.65. The molecule has 1 aromatic carbocycles. The number of sulfonamides is 1. The van der Waals surface area contributed by atoms with Gasteiger partial charge in [-0.2, -0.15) is 4.31 Å². The van der Waals surface area contributed by atoms with Crippen LogP contribution in [0.2, 0.25) is 0 Å². The molecular formula is C17H18N2O4S2. The van der Waals surface area contributed by atoms with Gasteiger partial charge in [-0.05, 0) is 30.5 Å². The van der Waals surface area contributed by atoms with Crippen molar-refractivity contribution < 1.29 is 17.6 Å². The molecule has 0 radical (unpaired) electrons. The van der Waals surface area contributed by atoms with Crippen LogP contribution in [0.15, 0.2) is 56.5 Å². The quantitative estimate of drug-likeness (QED) is 0.715. The summed E-state index contributed by atoms with van der Waals surface area (Å²) in [6.07, 6.45) is 0. The first-order chi connectivity index (χ1) is 11.9. The second-order valence-electron chi connectivity index (χ2n) is 5.67. The SMILES string of the molecule is CC(NC(=O)CN(C)S(=O)(=O)c1cccs1)c1cc2ccccc2o1. The lowest BCUT2D eigenvalue weighted by molar-refractivity contribution is -0.121. The molecule has 0 aliphatic heterocycles. The number of thiophene rings is 1. The van der Waals surface area contributed by atoms with E-state index in [0.717, 1.165) is 26.6 Å². The maximum atomic E-state index is 12.3. The van der Waals surface area contributed by atoms with Crippen LogP contribution in [0.5, 0.6) is 0 Å². The Hall–Kier alpha value is -2.16. The fraction of sp³-hybridized carbons (Fsp3) is 0.235. The summed E-state index contributed by atoms with van der Waals surface area (Å²) >= 11 is 1.12. The molecule has 0 bridgehead atoms. The fourth-order valence-corrected chi connectivity index (χ4v) is 4.75. The standard InChI is InChI=1S/C17H18N2O4S2/c1-12(15-10-13-6-3-4-7-14(13)23-15)18-16(20)11-19(2)25(21,22)17-8-5-9-24-17/h3-10,12H,11H2,1-2H3,(H,18,20). The molecule has 1 amide bonds. The van der Waals surface area contributed by atoms with Gasteiger partial charge in [0.05, 0.1) is 12.6 Å². The van der Waals surface area contributed by atoms with Crippen molar-refractivity contribution in [2.24, 2.45) is 0 Å². The molecule has 0 saturated heterocycles. The molecule has 0 aliphatic rings. The van der Waals surface area contributed by atoms with Crippen molar-refractivity contribution in [3.8, 4) is 0 Å². The number of carbonyl (C=O) groups excluding carboxylic acids is 1. The van der Waals surface area contributed by atoms with Crippen molar-refractivity contribution in [3.63, 3.8) is 0 Å². The number of benzene rings is 1. The van der Waals surface area contributed by atoms with E-state index in [1.807, 2.05) is 30.3 Å². The average molecular weight is 378 g/mol. The molecule has 132 valence electrons. The Kier molecular flexibility index (Phi) is 4.94. The summed E-state index contributed by atoms with van der Waals surface area (Å²) in [7, 11) is -2.25. The Morgan fingerprint density at radius 1 is 1.28 bits per heavy atom. The first kappa shape index (κ1) is 17.7. The molecule has 3 rings (SSSR count). The van der Waals surface area contributed by atoms with Crippen LogP contribution < -0.4 is 5.32 Å². The Balaban J connectivity index is 1.65. The smallest absolute Gasteiger partial charge is 0.252 e. The summed E-state index contributed by atoms with van der Waals surface area (Å²) in [5, 5.41) is 5.41. The van der Waals surface area contributed by atoms with Gasteiger partial charge in [-0.25, -0.2) is 8.42 Å². The Labute approximate surface area is 150 Å². The topological polar surface area (TPSA) is 79.6 Å². The summed E-state index contributed by atoms with van der Waals surface area (Å²) in [4.78, 5) is 12.2. The molecule has 0 saturated carbocycles. The van der Waals surface area contributed by atoms with Crippen molar-refractivity contribution in [3.05, 3.63) is 53.6 Å². The van der Waals surface area contributed by atoms with E-state index in [4.69, 9.17) is 4.42 Å². The molecule has 1 unspecified atom stereocenters. The third-order valence-electron chi connectivity index (χ3n) is 3.77. The molecule has 2 aromatic heterocycles. The minimum Gasteiger partial charge on any atom is -0.459 e. The van der Waals surface area contributed by atoms with E-state index < -0.39 is 15.9 Å². The van der Waals surface area contributed by atoms with Crippen LogP contribution in [0.25, 0.3) is 11.0 Å². The number of likely N-dealkylation sites (N-methyl/N-ethyl adjacent to an activating group) is 1. The molecule has 3 aromatic rings. The molecule has 1 N–H and O–H groups in total. The maximum absolute atomic E-state index is 12.3. The summed E-state index contributed by atoms with van der Waals surface area (Å²) in [5.41, 5.74) is 0.746. The number of furan rings is 1. The third-order valence-corrected chi connectivity index (χ3v) is 6.95. The number of amides is 1. The van der Waals surface area contributed by atoms with Gasteiger partial charge in [0.15, 0.2) is 0 Å². The fourth-order valence-electron chi connectivity index (χ4n) is 2.43. The number of rotatable bonds is 6. The summed E-state index contributed by atoms with van der Waals surface area (Å²) in [6.45, 7) is 1.54. The number of para-hydroxylation sites is 1. The van der Waals surface area contributed by atoms with Gasteiger partial charge < -0.3 is 9.73 Å². The lowest BCUT2D eigenvalue weighted by Crippen LogP contribution is -2.39. The van der Waals surface area contributed by atoms with Crippen molar-refractivity contribution in [1.82, 2.24) is 9.62 Å². The van der Waals surface area contributed by atoms with E-state index in [0.29, 0.717) is 5.76 Å². The van der Waals surface area contributed by atoms with Gasteiger partial charge in [-0.15, -0.1) is 11.3 Å². The van der Waals surface area contributed by atoms with E-state index in [2.05, 4.69) is 5.32 Å². The van der Waals surface area contributed by atoms with Crippen LogP contribution >= 0.6 is 11.3 Å². The van der Waals surface area contributed by atoms with Crippen LogP contribution in [-0.4, -0.2) is 32.2 Å². The van der Waals surface area contributed by atoms with Gasteiger partial charge in [-0.3, -0.25) is 4.79 Å². The average Bonchev–Trinajstić information content (AvgIpc) is 3.24. The summed E-state index contributed by atoms with van der Waals surface area (Å²) < 4.78 is 31.7. The van der Waals surface area contributed by atoms with Crippen LogP contribution in [0.1, 0.15) is 18.7 Å². The highest BCUT2D eigenvalue weighted by Crippen LogP contribution is 2.24. The van der Waals surface area contributed by atoms with Crippen LogP contribution in [0, 0.1) is 0 Å². The Morgan fingerprint density at radius 3 is 2.72 bits per heavy atom. The zero-order valence-electron chi connectivity index (χ0n) is 13.8. The van der Waals surface area contributed by atoms with Crippen molar-refractivity contribution in [2.45, 2.75) is 17.2 Å². The predicted molar refractivity (Wildman–Crippen MR) is 96.9 cm³/mol. The van der Waals surface area contributed by atoms with Gasteiger partial charge in [0.2, 0.25) is 5.91 Å². The van der Waals surface area contributed by atoms with Crippen LogP contribution in [0.4, 0.5) is 0 Å². The zero-order chi connectivity index (χ0) is 18.0. The molecule has 1 atom stereocenters. The highest BCUT2D eigenvalue weighted by atomic mass is 32.2. The largest absolute Gasteiger partial charge is 0.459 e. The lowest BCUT2D eigenvalue weighted by Gasteiger charge is -2.17. The number of hydrogen-bond donors (Lipinski definition) is 1. The molecule has 0 aliphatic carbocycles. The van der Waals surface area contributed by atoms with E-state index in [1.54, 1.807) is 18.4 Å². The molecule has 8 heteroatoms. The highest BCUT2D eigenvalue weighted by molar-refractivity contribution is 7.91. The van der Waals surface area contributed by atoms with Gasteiger partial charge in [0.25, 0.3) is 10.0 Å². The monoisotopic (exact) mass is 378 g/mol. The predicted octanol–water partition coefficient (Wildman–Crippen LogP) is 2.99. The van der Waals surface area contributed by atoms with E-state index in [1.165, 1.54) is 13.1 Å². The van der Waals surface area contributed by atoms with Gasteiger partial charge >= 0.3 is 0 Å². The van der Waals surface area contributed by atoms with Crippen LogP contribution in [0.3, 0.4) is 0 Å². The van der Waals surface area contributed by atoms with Gasteiger partial charge in [-0.1, -0.05) is 24.3 Å². The van der Waals surface area contributed by atoms with Gasteiger partial charge in [0.1, 0.15) is 15.6 Å². The molecule has 0 spiro atoms. The summed E-state index contributed by atoms with van der Waals surface area (Å²) in [5.74, 6) is 0.230. The number of nitrogens with one attached hydrogen (secondary N) is 1. The third kappa shape index (κ3) is 3.76. The molecule has 6 nitrogen and oxygen atoms in total. The van der Waals surface area contributed by atoms with E-state index in [9.17, 15) is 13.2 Å². The second kappa shape index (κ2) is 6.99. The Morgan fingerprint density at radius 2 is 2.04 bits per heavy atom. The minimum absolute atomic E-state index is 0.216. The number of fused-ring (bicyclic) bond motifs is 1. The second-order valence-corrected chi connectivity index (χ2v) is 8.89. The maximum Gasteiger partial charge on any atom is 0.252 e. The summed E-state index contributed by atoms with van der Waals surface area (Å²) in [6, 6.07) is 12.3. The van der Waals surface area contributed by atoms with E-state index in [-0.39, 0.29) is 16.8 Å². The Bertz CT molecular complexity index is 944. The van der Waals surface area contributed by atoms with Gasteiger partial charge in [0, 0.05) is 12.4 Å². The number of nitrogens with zero attached hydrogens (tertiary/aromatic N) is 1. The lowest BCUT2D eigenvalue weighted by atomic mass is 10.2. The molecule has 25 heavy (non-hydrogen) atoms. The molecular weight excluding hydrogens is 360 g/mol. The normalized spacial score (nSPS) is 13.2.